The molecule has 0 radical (unpaired) electrons. The average molecular weight is 502 g/mol. The number of imidazole rings is 1. The van der Waals surface area contributed by atoms with Gasteiger partial charge in [0.1, 0.15) is 5.69 Å². The third kappa shape index (κ3) is 4.06. The molecule has 0 aliphatic carbocycles. The van der Waals surface area contributed by atoms with Gasteiger partial charge in [0.05, 0.1) is 42.0 Å². The monoisotopic (exact) mass is 501 g/mol. The van der Waals surface area contributed by atoms with Crippen molar-refractivity contribution in [2.24, 2.45) is 0 Å². The zero-order valence-electron chi connectivity index (χ0n) is 20.4. The van der Waals surface area contributed by atoms with Crippen LogP contribution in [0.4, 0.5) is 5.69 Å². The van der Waals surface area contributed by atoms with Gasteiger partial charge in [-0.05, 0) is 35.6 Å². The summed E-state index contributed by atoms with van der Waals surface area (Å²) in [7, 11) is 0. The van der Waals surface area contributed by atoms with Crippen LogP contribution in [0.15, 0.2) is 72.9 Å². The number of tetrazole rings is 1. The number of ether oxygens (including phenoxy) is 1. The Morgan fingerprint density at radius 1 is 0.842 bits per heavy atom. The number of hydrogen-bond donors (Lipinski definition) is 1. The summed E-state index contributed by atoms with van der Waals surface area (Å²) >= 11 is 0. The van der Waals surface area contributed by atoms with E-state index in [0.29, 0.717) is 19.0 Å². The Morgan fingerprint density at radius 3 is 2.53 bits per heavy atom. The average Bonchev–Trinajstić information content (AvgIpc) is 3.65. The van der Waals surface area contributed by atoms with Crippen molar-refractivity contribution in [1.29, 1.82) is 0 Å². The van der Waals surface area contributed by atoms with Crippen molar-refractivity contribution < 1.29 is 4.74 Å². The largest absolute Gasteiger partial charge is 0.378 e. The number of fused-ring (bicyclic) bond motifs is 2. The molecule has 0 saturated carbocycles. The number of aromatic amines is 1. The van der Waals surface area contributed by atoms with Crippen molar-refractivity contribution in [3.05, 3.63) is 84.3 Å². The zero-order chi connectivity index (χ0) is 25.3. The number of H-pyrrole nitrogens is 1. The van der Waals surface area contributed by atoms with Crippen LogP contribution in [0.25, 0.3) is 51.3 Å². The summed E-state index contributed by atoms with van der Waals surface area (Å²) < 4.78 is 7.49. The maximum atomic E-state index is 5.57. The maximum absolute atomic E-state index is 5.57. The fourth-order valence-electron chi connectivity index (χ4n) is 4.79. The van der Waals surface area contributed by atoms with Crippen LogP contribution in [0.5, 0.6) is 0 Å². The zero-order valence-corrected chi connectivity index (χ0v) is 20.4. The number of para-hydroxylation sites is 1. The molecule has 0 spiro atoms. The van der Waals surface area contributed by atoms with Gasteiger partial charge in [0.25, 0.3) is 0 Å². The number of hydrogen-bond acceptors (Lipinski definition) is 8. The van der Waals surface area contributed by atoms with Crippen LogP contribution in [0.1, 0.15) is 11.4 Å². The fourth-order valence-corrected chi connectivity index (χ4v) is 4.79. The number of rotatable bonds is 5. The first kappa shape index (κ1) is 22.3. The lowest BCUT2D eigenvalue weighted by atomic mass is 10.1. The quantitative estimate of drug-likeness (QED) is 0.376. The van der Waals surface area contributed by atoms with Crippen molar-refractivity contribution in [3.63, 3.8) is 0 Å². The third-order valence-corrected chi connectivity index (χ3v) is 6.67. The molecular weight excluding hydrogens is 478 g/mol. The maximum Gasteiger partial charge on any atom is 0.204 e. The van der Waals surface area contributed by atoms with Crippen molar-refractivity contribution in [2.75, 3.05) is 31.2 Å². The second kappa shape index (κ2) is 9.49. The Hall–Kier alpha value is -4.96. The molecule has 1 fully saturated rings. The lowest BCUT2D eigenvalue weighted by molar-refractivity contribution is 0.123. The normalized spacial score (nSPS) is 14.2. The molecule has 1 aliphatic heterocycles. The van der Waals surface area contributed by atoms with Crippen LogP contribution in [0, 0.1) is 0 Å². The first-order valence-corrected chi connectivity index (χ1v) is 12.4. The van der Waals surface area contributed by atoms with Crippen LogP contribution in [0.3, 0.4) is 0 Å². The van der Waals surface area contributed by atoms with E-state index in [2.05, 4.69) is 37.7 Å². The van der Waals surface area contributed by atoms with E-state index in [1.165, 1.54) is 0 Å². The lowest BCUT2D eigenvalue weighted by Gasteiger charge is -2.28. The predicted octanol–water partition coefficient (Wildman–Crippen LogP) is 4.13. The van der Waals surface area contributed by atoms with E-state index in [1.54, 1.807) is 0 Å². The summed E-state index contributed by atoms with van der Waals surface area (Å²) in [4.78, 5) is 12.2. The molecule has 10 heteroatoms. The molecule has 0 amide bonds. The van der Waals surface area contributed by atoms with Gasteiger partial charge in [0, 0.05) is 29.6 Å². The van der Waals surface area contributed by atoms with Gasteiger partial charge >= 0.3 is 0 Å². The highest BCUT2D eigenvalue weighted by Gasteiger charge is 2.20. The highest BCUT2D eigenvalue weighted by atomic mass is 16.5. The molecule has 186 valence electrons. The summed E-state index contributed by atoms with van der Waals surface area (Å²) in [6.07, 6.45) is 5.84. The molecule has 10 nitrogen and oxygen atoms in total. The summed E-state index contributed by atoms with van der Waals surface area (Å²) in [6, 6.07) is 22.2. The van der Waals surface area contributed by atoms with Crippen molar-refractivity contribution >= 4 is 34.4 Å². The molecule has 0 unspecified atom stereocenters. The number of benzene rings is 2. The molecule has 2 aromatic carbocycles. The first-order valence-electron chi connectivity index (χ1n) is 12.4. The van der Waals surface area contributed by atoms with E-state index in [0.717, 1.165) is 63.5 Å². The van der Waals surface area contributed by atoms with E-state index in [4.69, 9.17) is 19.8 Å². The number of morpholine rings is 1. The molecule has 1 saturated heterocycles. The predicted molar refractivity (Wildman–Crippen MR) is 145 cm³/mol. The van der Waals surface area contributed by atoms with Gasteiger partial charge in [-0.1, -0.05) is 48.5 Å². The number of anilines is 1. The molecule has 0 bridgehead atoms. The summed E-state index contributed by atoms with van der Waals surface area (Å²) in [6.45, 7) is 3.01. The topological polar surface area (TPSA) is 110 Å². The van der Waals surface area contributed by atoms with Gasteiger partial charge < -0.3 is 9.64 Å². The molecule has 1 N–H and O–H groups in total. The SMILES string of the molecule is C(=C\c1nc2c(N3CCOCC3)ccnn2c1-c1ccc(-c2nn[nH]n2)cc1)/c1ccc2ccccc2n1. The van der Waals surface area contributed by atoms with E-state index in [9.17, 15) is 0 Å². The van der Waals surface area contributed by atoms with E-state index >= 15 is 0 Å². The highest BCUT2D eigenvalue weighted by Crippen LogP contribution is 2.31. The Bertz CT molecular complexity index is 1750. The van der Waals surface area contributed by atoms with E-state index in [1.807, 2.05) is 77.5 Å². The van der Waals surface area contributed by atoms with Gasteiger partial charge in [-0.15, -0.1) is 10.2 Å². The molecule has 5 heterocycles. The van der Waals surface area contributed by atoms with Crippen LogP contribution >= 0.6 is 0 Å². The highest BCUT2D eigenvalue weighted by molar-refractivity contribution is 5.85. The summed E-state index contributed by atoms with van der Waals surface area (Å²) in [5, 5.41) is 20.2. The first-order chi connectivity index (χ1) is 18.8. The Morgan fingerprint density at radius 2 is 1.68 bits per heavy atom. The number of aromatic nitrogens is 8. The smallest absolute Gasteiger partial charge is 0.204 e. The van der Waals surface area contributed by atoms with Gasteiger partial charge in [0.15, 0.2) is 5.65 Å². The molecule has 38 heavy (non-hydrogen) atoms. The Kier molecular flexibility index (Phi) is 5.56. The van der Waals surface area contributed by atoms with E-state index in [-0.39, 0.29) is 0 Å². The number of nitrogens with one attached hydrogen (secondary N) is 1. The molecule has 4 aromatic heterocycles. The minimum Gasteiger partial charge on any atom is -0.378 e. The molecule has 1 aliphatic rings. The van der Waals surface area contributed by atoms with E-state index < -0.39 is 0 Å². The Labute approximate surface area is 217 Å². The minimum atomic E-state index is 0.546. The molecule has 0 atom stereocenters. The third-order valence-electron chi connectivity index (χ3n) is 6.67. The lowest BCUT2D eigenvalue weighted by Crippen LogP contribution is -2.36. The van der Waals surface area contributed by atoms with Crippen LogP contribution < -0.4 is 4.90 Å². The van der Waals surface area contributed by atoms with Crippen molar-refractivity contribution in [2.45, 2.75) is 0 Å². The van der Waals surface area contributed by atoms with Crippen LogP contribution in [0.2, 0.25) is 0 Å². The summed E-state index contributed by atoms with van der Waals surface area (Å²) in [5.74, 6) is 0.546. The number of nitrogens with zero attached hydrogens (tertiary/aromatic N) is 8. The molecular formula is C28H23N9O. The van der Waals surface area contributed by atoms with Crippen LogP contribution in [-0.4, -0.2) is 66.5 Å². The van der Waals surface area contributed by atoms with Crippen molar-refractivity contribution in [3.8, 4) is 22.6 Å². The fraction of sp³-hybridized carbons (Fsp3) is 0.143. The minimum absolute atomic E-state index is 0.546. The van der Waals surface area contributed by atoms with Crippen molar-refractivity contribution in [1.82, 2.24) is 40.2 Å². The summed E-state index contributed by atoms with van der Waals surface area (Å²) in [5.41, 5.74) is 7.21. The second-order valence-electron chi connectivity index (χ2n) is 8.97. The van der Waals surface area contributed by atoms with Gasteiger partial charge in [-0.2, -0.15) is 10.3 Å². The van der Waals surface area contributed by atoms with Gasteiger partial charge in [-0.25, -0.2) is 14.5 Å². The number of pyridine rings is 1. The van der Waals surface area contributed by atoms with Gasteiger partial charge in [-0.3, -0.25) is 0 Å². The van der Waals surface area contributed by atoms with Crippen LogP contribution in [-0.2, 0) is 4.74 Å². The molecule has 6 aromatic rings. The van der Waals surface area contributed by atoms with Gasteiger partial charge in [0.2, 0.25) is 5.82 Å². The molecule has 7 rings (SSSR count). The second-order valence-corrected chi connectivity index (χ2v) is 8.97. The Balaban J connectivity index is 1.35. The standard InChI is InChI=1S/C28H23N9O/c1-2-4-23-19(3-1)9-10-22(30-23)11-12-24-26(20-5-7-21(8-6-20)27-32-34-35-33-27)37-28(31-24)25(13-14-29-37)36-15-17-38-18-16-36/h1-14H,15-18H2,(H,32,33,34,35)/b12-11+.